The van der Waals surface area contributed by atoms with Crippen LogP contribution < -0.4 is 16.4 Å². The zero-order valence-corrected chi connectivity index (χ0v) is 10.2. The highest BCUT2D eigenvalue weighted by Gasteiger charge is 2.06. The van der Waals surface area contributed by atoms with Crippen molar-refractivity contribution in [2.24, 2.45) is 0 Å². The molecular weight excluding hydrogens is 218 g/mol. The van der Waals surface area contributed by atoms with E-state index in [1.807, 2.05) is 6.92 Å². The summed E-state index contributed by atoms with van der Waals surface area (Å²) >= 11 is 0. The van der Waals surface area contributed by atoms with Crippen molar-refractivity contribution in [1.29, 1.82) is 0 Å². The number of urea groups is 1. The van der Waals surface area contributed by atoms with Crippen LogP contribution in [0.4, 0.5) is 16.2 Å². The minimum atomic E-state index is -0.237. The zero-order chi connectivity index (χ0) is 12.7. The van der Waals surface area contributed by atoms with E-state index in [0.717, 1.165) is 6.42 Å². The number of rotatable bonds is 5. The highest BCUT2D eigenvalue weighted by atomic mass is 16.5. The average molecular weight is 237 g/mol. The summed E-state index contributed by atoms with van der Waals surface area (Å²) in [6, 6.07) is 6.88. The molecule has 1 atom stereocenters. The van der Waals surface area contributed by atoms with Crippen LogP contribution in [-0.2, 0) is 4.74 Å². The van der Waals surface area contributed by atoms with Crippen molar-refractivity contribution in [2.75, 3.05) is 24.8 Å². The number of benzene rings is 1. The second kappa shape index (κ2) is 6.75. The van der Waals surface area contributed by atoms with Gasteiger partial charge in [-0.1, -0.05) is 6.07 Å². The van der Waals surface area contributed by atoms with Gasteiger partial charge in [0.25, 0.3) is 0 Å². The first-order valence-electron chi connectivity index (χ1n) is 5.54. The first-order chi connectivity index (χ1) is 8.11. The van der Waals surface area contributed by atoms with E-state index < -0.39 is 0 Å². The third-order valence-corrected chi connectivity index (χ3v) is 2.28. The quantitative estimate of drug-likeness (QED) is 0.684. The van der Waals surface area contributed by atoms with Crippen LogP contribution >= 0.6 is 0 Å². The smallest absolute Gasteiger partial charge is 0.319 e. The van der Waals surface area contributed by atoms with E-state index in [2.05, 4.69) is 10.6 Å². The molecule has 2 amide bonds. The number of ether oxygens (including phenoxy) is 1. The van der Waals surface area contributed by atoms with E-state index >= 15 is 0 Å². The van der Waals surface area contributed by atoms with Gasteiger partial charge in [0.05, 0.1) is 0 Å². The molecule has 0 aliphatic heterocycles. The van der Waals surface area contributed by atoms with Crippen LogP contribution in [0.2, 0.25) is 0 Å². The van der Waals surface area contributed by atoms with Crippen LogP contribution in [-0.4, -0.2) is 25.8 Å². The molecule has 1 aromatic carbocycles. The number of methoxy groups -OCH3 is 1. The number of nitrogens with one attached hydrogen (secondary N) is 2. The van der Waals surface area contributed by atoms with E-state index in [1.165, 1.54) is 0 Å². The topological polar surface area (TPSA) is 76.4 Å². The molecule has 94 valence electrons. The predicted molar refractivity (Wildman–Crippen MR) is 69.0 cm³/mol. The molecule has 1 unspecified atom stereocenters. The van der Waals surface area contributed by atoms with Gasteiger partial charge in [0.15, 0.2) is 0 Å². The molecule has 0 fully saturated rings. The minimum absolute atomic E-state index is 0.0657. The summed E-state index contributed by atoms with van der Waals surface area (Å²) < 4.78 is 4.94. The van der Waals surface area contributed by atoms with Crippen LogP contribution in [0.3, 0.4) is 0 Å². The standard InChI is InChI=1S/C12H19N3O2/c1-9(6-7-17-2)14-12(16)15-11-5-3-4-10(13)8-11/h3-5,8-9H,6-7,13H2,1-2H3,(H2,14,15,16). The Bertz CT molecular complexity index is 369. The van der Waals surface area contributed by atoms with Gasteiger partial charge in [0.1, 0.15) is 0 Å². The number of anilines is 2. The Hall–Kier alpha value is -1.75. The summed E-state index contributed by atoms with van der Waals surface area (Å²) in [5.74, 6) is 0. The molecule has 0 aliphatic carbocycles. The van der Waals surface area contributed by atoms with E-state index in [-0.39, 0.29) is 12.1 Å². The number of hydrogen-bond acceptors (Lipinski definition) is 3. The van der Waals surface area contributed by atoms with E-state index in [1.54, 1.807) is 31.4 Å². The zero-order valence-electron chi connectivity index (χ0n) is 10.2. The van der Waals surface area contributed by atoms with Gasteiger partial charge >= 0.3 is 6.03 Å². The number of carbonyl (C=O) groups excluding carboxylic acids is 1. The third kappa shape index (κ3) is 5.21. The van der Waals surface area contributed by atoms with Crippen molar-refractivity contribution in [3.8, 4) is 0 Å². The van der Waals surface area contributed by atoms with Gasteiger partial charge in [0.2, 0.25) is 0 Å². The SMILES string of the molecule is COCCC(C)NC(=O)Nc1cccc(N)c1. The fraction of sp³-hybridized carbons (Fsp3) is 0.417. The lowest BCUT2D eigenvalue weighted by Gasteiger charge is -2.14. The molecule has 4 N–H and O–H groups in total. The largest absolute Gasteiger partial charge is 0.399 e. The van der Waals surface area contributed by atoms with Crippen molar-refractivity contribution in [3.63, 3.8) is 0 Å². The van der Waals surface area contributed by atoms with Gasteiger partial charge in [-0.05, 0) is 31.5 Å². The summed E-state index contributed by atoms with van der Waals surface area (Å²) in [7, 11) is 1.64. The van der Waals surface area contributed by atoms with Gasteiger partial charge in [-0.15, -0.1) is 0 Å². The first-order valence-corrected chi connectivity index (χ1v) is 5.54. The number of carbonyl (C=O) groups is 1. The van der Waals surface area contributed by atoms with Gasteiger partial charge in [-0.3, -0.25) is 0 Å². The molecule has 0 spiro atoms. The highest BCUT2D eigenvalue weighted by Crippen LogP contribution is 2.11. The molecule has 0 aliphatic rings. The van der Waals surface area contributed by atoms with Crippen molar-refractivity contribution in [2.45, 2.75) is 19.4 Å². The predicted octanol–water partition coefficient (Wildman–Crippen LogP) is 1.82. The lowest BCUT2D eigenvalue weighted by molar-refractivity contribution is 0.185. The van der Waals surface area contributed by atoms with Crippen molar-refractivity contribution in [3.05, 3.63) is 24.3 Å². The molecule has 0 saturated carbocycles. The maximum Gasteiger partial charge on any atom is 0.319 e. The van der Waals surface area contributed by atoms with Crippen LogP contribution in [0.1, 0.15) is 13.3 Å². The summed E-state index contributed by atoms with van der Waals surface area (Å²) in [6.45, 7) is 2.55. The van der Waals surface area contributed by atoms with Gasteiger partial charge in [-0.25, -0.2) is 4.79 Å². The second-order valence-electron chi connectivity index (χ2n) is 3.91. The number of hydrogen-bond donors (Lipinski definition) is 3. The van der Waals surface area contributed by atoms with Crippen LogP contribution in [0.25, 0.3) is 0 Å². The van der Waals surface area contributed by atoms with Crippen molar-refractivity contribution in [1.82, 2.24) is 5.32 Å². The molecule has 17 heavy (non-hydrogen) atoms. The average Bonchev–Trinajstić information content (AvgIpc) is 2.26. The van der Waals surface area contributed by atoms with Crippen LogP contribution in [0.15, 0.2) is 24.3 Å². The van der Waals surface area contributed by atoms with Gasteiger partial charge in [0, 0.05) is 31.1 Å². The molecular formula is C12H19N3O2. The molecule has 5 nitrogen and oxygen atoms in total. The molecule has 0 heterocycles. The maximum absolute atomic E-state index is 11.6. The van der Waals surface area contributed by atoms with Gasteiger partial charge in [-0.2, -0.15) is 0 Å². The fourth-order valence-electron chi connectivity index (χ4n) is 1.37. The Balaban J connectivity index is 2.39. The lowest BCUT2D eigenvalue weighted by atomic mass is 10.2. The minimum Gasteiger partial charge on any atom is -0.399 e. The number of nitrogen functional groups attached to an aromatic ring is 1. The summed E-state index contributed by atoms with van der Waals surface area (Å²) in [4.78, 5) is 11.6. The maximum atomic E-state index is 11.6. The molecule has 5 heteroatoms. The van der Waals surface area contributed by atoms with Crippen LogP contribution in [0, 0.1) is 0 Å². The Morgan fingerprint density at radius 1 is 1.53 bits per heavy atom. The monoisotopic (exact) mass is 237 g/mol. The fourth-order valence-corrected chi connectivity index (χ4v) is 1.37. The Kier molecular flexibility index (Phi) is 5.29. The molecule has 0 bridgehead atoms. The Morgan fingerprint density at radius 2 is 2.29 bits per heavy atom. The summed E-state index contributed by atoms with van der Waals surface area (Å²) in [6.07, 6.45) is 0.779. The molecule has 1 rings (SSSR count). The van der Waals surface area contributed by atoms with E-state index in [4.69, 9.17) is 10.5 Å². The second-order valence-corrected chi connectivity index (χ2v) is 3.91. The first kappa shape index (κ1) is 13.3. The molecule has 0 saturated heterocycles. The summed E-state index contributed by atoms with van der Waals surface area (Å²) in [5.41, 5.74) is 6.92. The summed E-state index contributed by atoms with van der Waals surface area (Å²) in [5, 5.41) is 5.53. The molecule has 0 radical (unpaired) electrons. The third-order valence-electron chi connectivity index (χ3n) is 2.28. The van der Waals surface area contributed by atoms with Crippen LogP contribution in [0.5, 0.6) is 0 Å². The lowest BCUT2D eigenvalue weighted by Crippen LogP contribution is -2.36. The van der Waals surface area contributed by atoms with E-state index in [0.29, 0.717) is 18.0 Å². The van der Waals surface area contributed by atoms with Crippen molar-refractivity contribution < 1.29 is 9.53 Å². The number of nitrogens with two attached hydrogens (primary N) is 1. The normalized spacial score (nSPS) is 11.9. The molecule has 1 aromatic rings. The Labute approximate surface area is 101 Å². The highest BCUT2D eigenvalue weighted by molar-refractivity contribution is 5.89. The van der Waals surface area contributed by atoms with E-state index in [9.17, 15) is 4.79 Å². The Morgan fingerprint density at radius 3 is 2.94 bits per heavy atom. The van der Waals surface area contributed by atoms with Gasteiger partial charge < -0.3 is 21.1 Å². The molecule has 0 aromatic heterocycles. The van der Waals surface area contributed by atoms with Crippen molar-refractivity contribution >= 4 is 17.4 Å². The number of amides is 2.